The number of benzene rings is 6. The van der Waals surface area contributed by atoms with Crippen molar-refractivity contribution in [1.29, 1.82) is 0 Å². The second-order valence-corrected chi connectivity index (χ2v) is 31.6. The van der Waals surface area contributed by atoms with Gasteiger partial charge in [-0.1, -0.05) is 78.9 Å². The van der Waals surface area contributed by atoms with Crippen molar-refractivity contribution in [3.05, 3.63) is 182 Å². The third-order valence-electron chi connectivity index (χ3n) is 17.4. The standard InChI is InChI=1S/C23H26N2O5S.C23H26N2O4S.C22H24N2O5S.3CH4O/c1-14-11-16(9-10-20(14)30-2)19(13-31(3,28)29)25-12-17-5-4-6-18(21(17)23(25)27)24-22(26)15-7-8-15;1-14-7-8-17(11-15(14)2)20(13-30(3,28)29)25-12-18-5-4-6-19(21(18)23(25)27)24-22(26)16-9-10-16;1-13-10-15(8-9-19(13)25)18(12-30(2,28)29)24-11-16-4-3-5-17(20(16)22(24)27)23-21(26)14-6-7-14;3*1-2/h4-6,9-11,15,19H,7-8,12-13H2,1-3H3,(H,24,26);4-8,11,16,20H,9-10,12-13H2,1-3H3,(H,24,26);3-5,8-10,14,18,25H,6-7,11-12H2,1-2H3,(H,23,26);3*2H,1H3. The van der Waals surface area contributed by atoms with Gasteiger partial charge in [-0.2, -0.15) is 0 Å². The van der Waals surface area contributed by atoms with E-state index in [9.17, 15) is 59.1 Å². The van der Waals surface area contributed by atoms with Gasteiger partial charge in [-0.25, -0.2) is 25.3 Å². The van der Waals surface area contributed by atoms with Crippen molar-refractivity contribution in [1.82, 2.24) is 14.7 Å². The number of aryl methyl sites for hydroxylation is 4. The lowest BCUT2D eigenvalue weighted by Gasteiger charge is -2.28. The van der Waals surface area contributed by atoms with E-state index in [1.54, 1.807) is 78.4 Å². The van der Waals surface area contributed by atoms with Gasteiger partial charge in [0.15, 0.2) is 0 Å². The number of anilines is 3. The van der Waals surface area contributed by atoms with E-state index >= 15 is 0 Å². The summed E-state index contributed by atoms with van der Waals surface area (Å²) in [5.74, 6) is -0.769. The summed E-state index contributed by atoms with van der Waals surface area (Å²) in [6, 6.07) is 30.3. The summed E-state index contributed by atoms with van der Waals surface area (Å²) in [4.78, 5) is 81.7. The predicted octanol–water partition coefficient (Wildman–Crippen LogP) is 8.10. The SMILES string of the molecule is CO.CO.CO.COc1ccc(C(CS(C)(=O)=O)N2Cc3cccc(NC(=O)C4CC4)c3C2=O)cc1C.Cc1cc(C(CS(C)(=O)=O)N2Cc3cccc(NC(=O)C4CC4)c3C2=O)ccc1O.Cc1ccc(C(CS(C)(=O)=O)N2Cc3cccc(NC(=O)C4CC4)c3C2=O)cc1C. The van der Waals surface area contributed by atoms with Crippen LogP contribution in [0.2, 0.25) is 0 Å². The van der Waals surface area contributed by atoms with E-state index in [4.69, 9.17) is 20.1 Å². The molecule has 3 unspecified atom stereocenters. The highest BCUT2D eigenvalue weighted by Crippen LogP contribution is 2.42. The number of carbonyl (C=O) groups is 6. The lowest BCUT2D eigenvalue weighted by molar-refractivity contribution is -0.118. The number of methoxy groups -OCH3 is 1. The number of nitrogens with zero attached hydrogens (tertiary/aromatic N) is 3. The van der Waals surface area contributed by atoms with Gasteiger partial charge in [0.05, 0.1) is 76.2 Å². The molecule has 3 atom stereocenters. The molecule has 0 bridgehead atoms. The van der Waals surface area contributed by atoms with Crippen LogP contribution in [0.4, 0.5) is 17.1 Å². The topological polar surface area (TPSA) is 341 Å². The molecule has 6 aromatic rings. The second kappa shape index (κ2) is 32.2. The number of aliphatic hydroxyl groups excluding tert-OH is 3. The van der Waals surface area contributed by atoms with Crippen LogP contribution >= 0.6 is 0 Å². The summed E-state index contributed by atoms with van der Waals surface area (Å²) in [6.45, 7) is 8.43. The quantitative estimate of drug-likeness (QED) is 0.0402. The molecule has 6 amide bonds. The zero-order valence-corrected chi connectivity index (χ0v) is 59.0. The zero-order valence-electron chi connectivity index (χ0n) is 56.5. The van der Waals surface area contributed by atoms with E-state index in [0.717, 1.165) is 111 Å². The molecule has 97 heavy (non-hydrogen) atoms. The number of fused-ring (bicyclic) bond motifs is 3. The summed E-state index contributed by atoms with van der Waals surface area (Å²) in [7, 11) is -5.54. The third kappa shape index (κ3) is 19.2. The molecule has 0 radical (unpaired) electrons. The Balaban J connectivity index is 0.000000197. The minimum absolute atomic E-state index is 0.00594. The Kier molecular flexibility index (Phi) is 25.2. The van der Waals surface area contributed by atoms with Crippen LogP contribution in [0.25, 0.3) is 0 Å². The fraction of sp³-hybridized carbons (Fsp3) is 0.408. The minimum Gasteiger partial charge on any atom is -0.508 e. The molecule has 26 heteroatoms. The Labute approximate surface area is 568 Å². The van der Waals surface area contributed by atoms with Gasteiger partial charge >= 0.3 is 0 Å². The van der Waals surface area contributed by atoms with Gasteiger partial charge in [-0.15, -0.1) is 0 Å². The first-order valence-corrected chi connectivity index (χ1v) is 37.7. The average Bonchev–Trinajstić information content (AvgIpc) is 1.65. The number of phenolic OH excluding ortho intramolecular Hbond substituents is 1. The summed E-state index contributed by atoms with van der Waals surface area (Å²) < 4.78 is 78.5. The maximum Gasteiger partial charge on any atom is 0.257 e. The summed E-state index contributed by atoms with van der Waals surface area (Å²) in [5.41, 5.74) is 10.9. The van der Waals surface area contributed by atoms with E-state index in [-0.39, 0.29) is 89.3 Å². The van der Waals surface area contributed by atoms with Gasteiger partial charge < -0.3 is 55.8 Å². The zero-order chi connectivity index (χ0) is 71.6. The summed E-state index contributed by atoms with van der Waals surface area (Å²) >= 11 is 0. The molecule has 12 rings (SSSR count). The number of hydrogen-bond acceptors (Lipinski definition) is 17. The maximum absolute atomic E-state index is 13.4. The Morgan fingerprint density at radius 3 is 1.02 bits per heavy atom. The molecule has 3 fully saturated rings. The highest BCUT2D eigenvalue weighted by Gasteiger charge is 2.42. The number of aromatic hydroxyl groups is 1. The fourth-order valence-electron chi connectivity index (χ4n) is 11.9. The van der Waals surface area contributed by atoms with Crippen molar-refractivity contribution in [2.45, 2.75) is 104 Å². The van der Waals surface area contributed by atoms with E-state index in [2.05, 4.69) is 16.0 Å². The highest BCUT2D eigenvalue weighted by molar-refractivity contribution is 7.91. The fourth-order valence-corrected chi connectivity index (χ4v) is 14.7. The number of rotatable bonds is 19. The molecular formula is C71H88N6O17S3. The minimum atomic E-state index is -3.40. The maximum atomic E-state index is 13.4. The van der Waals surface area contributed by atoms with Crippen LogP contribution in [0.5, 0.6) is 11.5 Å². The first-order chi connectivity index (χ1) is 45.9. The van der Waals surface area contributed by atoms with Crippen molar-refractivity contribution in [3.8, 4) is 11.5 Å². The number of sulfone groups is 3. The highest BCUT2D eigenvalue weighted by atomic mass is 32.2. The van der Waals surface area contributed by atoms with Crippen LogP contribution < -0.4 is 20.7 Å². The van der Waals surface area contributed by atoms with Crippen LogP contribution in [0.1, 0.15) is 143 Å². The Morgan fingerprint density at radius 2 is 0.742 bits per heavy atom. The van der Waals surface area contributed by atoms with E-state index < -0.39 is 47.6 Å². The normalized spacial score (nSPS) is 16.1. The van der Waals surface area contributed by atoms with E-state index in [1.807, 2.05) is 69.3 Å². The molecule has 3 saturated carbocycles. The first kappa shape index (κ1) is 75.8. The molecule has 6 aromatic carbocycles. The number of carbonyl (C=O) groups excluding carboxylic acids is 6. The molecule has 3 aliphatic carbocycles. The Bertz CT molecular complexity index is 4120. The number of amides is 6. The molecule has 3 heterocycles. The van der Waals surface area contributed by atoms with Crippen LogP contribution in [0.15, 0.2) is 109 Å². The monoisotopic (exact) mass is 1390 g/mol. The largest absolute Gasteiger partial charge is 0.508 e. The van der Waals surface area contributed by atoms with Gasteiger partial charge in [-0.05, 0) is 152 Å². The van der Waals surface area contributed by atoms with E-state index in [0.29, 0.717) is 57.2 Å². The lowest BCUT2D eigenvalue weighted by Crippen LogP contribution is -2.34. The summed E-state index contributed by atoms with van der Waals surface area (Å²) in [6.07, 6.45) is 8.72. The average molecular weight is 1390 g/mol. The number of phenols is 1. The second-order valence-electron chi connectivity index (χ2n) is 25.1. The van der Waals surface area contributed by atoms with Crippen molar-refractivity contribution in [2.75, 3.05) is 80.4 Å². The van der Waals surface area contributed by atoms with Crippen molar-refractivity contribution in [3.63, 3.8) is 0 Å². The third-order valence-corrected chi connectivity index (χ3v) is 20.1. The van der Waals surface area contributed by atoms with Gasteiger partial charge in [-0.3, -0.25) is 28.8 Å². The molecule has 0 saturated heterocycles. The van der Waals surface area contributed by atoms with Gasteiger partial charge in [0.1, 0.15) is 41.0 Å². The first-order valence-electron chi connectivity index (χ1n) is 31.6. The molecule has 7 N–H and O–H groups in total. The molecule has 0 spiro atoms. The number of hydrogen-bond donors (Lipinski definition) is 7. The van der Waals surface area contributed by atoms with Crippen molar-refractivity contribution >= 4 is 82.0 Å². The smallest absolute Gasteiger partial charge is 0.257 e. The summed E-state index contributed by atoms with van der Waals surface area (Å²) in [5, 5.41) is 39.5. The van der Waals surface area contributed by atoms with Crippen LogP contribution in [0, 0.1) is 45.4 Å². The molecule has 0 aromatic heterocycles. The van der Waals surface area contributed by atoms with Gasteiger partial charge in [0, 0.05) is 77.5 Å². The van der Waals surface area contributed by atoms with Crippen molar-refractivity contribution < 1.29 is 79.2 Å². The Morgan fingerprint density at radius 1 is 0.443 bits per heavy atom. The lowest BCUT2D eigenvalue weighted by atomic mass is 10.0. The molecule has 23 nitrogen and oxygen atoms in total. The van der Waals surface area contributed by atoms with E-state index in [1.165, 1.54) is 23.5 Å². The molecule has 3 aliphatic heterocycles. The molecular weight excluding hydrogens is 1310 g/mol. The predicted molar refractivity (Wildman–Crippen MR) is 371 cm³/mol. The number of ether oxygens (including phenoxy) is 1. The van der Waals surface area contributed by atoms with Crippen molar-refractivity contribution in [2.24, 2.45) is 17.8 Å². The Hall–Kier alpha value is -8.53. The van der Waals surface area contributed by atoms with Gasteiger partial charge in [0.25, 0.3) is 17.7 Å². The van der Waals surface area contributed by atoms with Gasteiger partial charge in [0.2, 0.25) is 17.7 Å². The molecule has 522 valence electrons. The van der Waals surface area contributed by atoms with Crippen LogP contribution in [0.3, 0.4) is 0 Å². The van der Waals surface area contributed by atoms with Crippen LogP contribution in [-0.4, -0.2) is 160 Å². The number of aliphatic hydroxyl groups is 3. The molecule has 6 aliphatic rings. The van der Waals surface area contributed by atoms with Crippen LogP contribution in [-0.2, 0) is 63.5 Å². The number of nitrogens with one attached hydrogen (secondary N) is 3.